The maximum atomic E-state index is 14.4. The normalized spacial score (nSPS) is 17.1. The maximum Gasteiger partial charge on any atom is 0.433 e. The van der Waals surface area contributed by atoms with Gasteiger partial charge in [0, 0.05) is 54.5 Å². The molecule has 0 saturated carbocycles. The van der Waals surface area contributed by atoms with Crippen LogP contribution in [0.2, 0.25) is 0 Å². The van der Waals surface area contributed by atoms with Gasteiger partial charge < -0.3 is 9.64 Å². The molecule has 1 fully saturated rings. The lowest BCUT2D eigenvalue weighted by atomic mass is 10.0. The van der Waals surface area contributed by atoms with Crippen LogP contribution in [-0.2, 0) is 6.18 Å². The minimum Gasteiger partial charge on any atom is -0.497 e. The van der Waals surface area contributed by atoms with Gasteiger partial charge in [-0.1, -0.05) is 0 Å². The summed E-state index contributed by atoms with van der Waals surface area (Å²) < 4.78 is 90.6. The SMILES string of the molecule is COc1ccc(-c2nc3c(C(=O)N4CCN([C@H](C)c5cc(F)cc(F)c5F)C[C@H]4C)cnn3c(C(F)(F)F)c2C)cc1. The molecule has 1 saturated heterocycles. The number of piperazine rings is 1. The first-order chi connectivity index (χ1) is 19.8. The molecule has 0 aliphatic carbocycles. The van der Waals surface area contributed by atoms with Crippen LogP contribution in [0.5, 0.6) is 5.75 Å². The van der Waals surface area contributed by atoms with Crippen LogP contribution in [0.3, 0.4) is 0 Å². The number of halogens is 6. The number of methoxy groups -OCH3 is 1. The Balaban J connectivity index is 1.48. The van der Waals surface area contributed by atoms with E-state index >= 15 is 0 Å². The zero-order chi connectivity index (χ0) is 30.5. The van der Waals surface area contributed by atoms with Crippen molar-refractivity contribution in [3.8, 4) is 17.0 Å². The summed E-state index contributed by atoms with van der Waals surface area (Å²) in [6, 6.07) is 6.61. The highest BCUT2D eigenvalue weighted by Gasteiger charge is 2.39. The first kappa shape index (κ1) is 29.4. The fourth-order valence-electron chi connectivity index (χ4n) is 5.46. The van der Waals surface area contributed by atoms with Crippen molar-refractivity contribution in [3.05, 3.63) is 82.4 Å². The van der Waals surface area contributed by atoms with Gasteiger partial charge in [0.2, 0.25) is 0 Å². The van der Waals surface area contributed by atoms with Gasteiger partial charge in [0.15, 0.2) is 23.0 Å². The number of aromatic nitrogens is 3. The number of carbonyl (C=O) groups excluding carboxylic acids is 1. The third-order valence-corrected chi connectivity index (χ3v) is 7.68. The Hall–Kier alpha value is -4.13. The summed E-state index contributed by atoms with van der Waals surface area (Å²) in [5.74, 6) is -3.39. The van der Waals surface area contributed by atoms with Crippen molar-refractivity contribution in [1.29, 1.82) is 0 Å². The number of amides is 1. The van der Waals surface area contributed by atoms with Gasteiger partial charge >= 0.3 is 6.18 Å². The molecule has 0 bridgehead atoms. The quantitative estimate of drug-likeness (QED) is 0.209. The topological polar surface area (TPSA) is 63.0 Å². The molecule has 2 aromatic heterocycles. The van der Waals surface area contributed by atoms with E-state index in [2.05, 4.69) is 10.1 Å². The zero-order valence-electron chi connectivity index (χ0n) is 23.1. The Morgan fingerprint density at radius 3 is 2.40 bits per heavy atom. The second-order valence-electron chi connectivity index (χ2n) is 10.3. The highest BCUT2D eigenvalue weighted by Crippen LogP contribution is 2.37. The van der Waals surface area contributed by atoms with Crippen molar-refractivity contribution >= 4 is 11.6 Å². The molecule has 3 heterocycles. The van der Waals surface area contributed by atoms with E-state index in [4.69, 9.17) is 4.74 Å². The van der Waals surface area contributed by atoms with Crippen molar-refractivity contribution < 1.29 is 35.9 Å². The first-order valence-corrected chi connectivity index (χ1v) is 13.1. The summed E-state index contributed by atoms with van der Waals surface area (Å²) in [6.07, 6.45) is -3.72. The number of ether oxygens (including phenoxy) is 1. The molecule has 0 unspecified atom stereocenters. The van der Waals surface area contributed by atoms with Gasteiger partial charge in [-0.2, -0.15) is 18.3 Å². The van der Waals surface area contributed by atoms with Crippen LogP contribution in [-0.4, -0.2) is 63.1 Å². The third kappa shape index (κ3) is 5.17. The second kappa shape index (κ2) is 10.9. The number of benzene rings is 2. The summed E-state index contributed by atoms with van der Waals surface area (Å²) in [5.41, 5.74) is -1.26. The Labute approximate surface area is 237 Å². The van der Waals surface area contributed by atoms with Crippen LogP contribution in [0, 0.1) is 24.4 Å². The van der Waals surface area contributed by atoms with E-state index in [1.54, 1.807) is 43.0 Å². The molecule has 2 atom stereocenters. The average Bonchev–Trinajstić information content (AvgIpc) is 3.36. The molecule has 7 nitrogen and oxygen atoms in total. The van der Waals surface area contributed by atoms with Gasteiger partial charge in [-0.15, -0.1) is 0 Å². The monoisotopic (exact) mass is 591 g/mol. The van der Waals surface area contributed by atoms with Crippen molar-refractivity contribution in [2.24, 2.45) is 0 Å². The van der Waals surface area contributed by atoms with E-state index in [1.165, 1.54) is 18.9 Å². The van der Waals surface area contributed by atoms with Crippen LogP contribution in [0.25, 0.3) is 16.9 Å². The van der Waals surface area contributed by atoms with Crippen LogP contribution in [0.1, 0.15) is 47.1 Å². The molecule has 0 N–H and O–H groups in total. The maximum absolute atomic E-state index is 14.4. The standard InChI is InChI=1S/C29H27F6N5O2/c1-15-14-38(17(3)21-11-19(30)12-23(31)24(21)32)9-10-39(15)28(41)22-13-36-40-26(29(33,34)35)16(2)25(37-27(22)40)18-5-7-20(42-4)8-6-18/h5-8,11-13,15,17H,9-10,14H2,1-4H3/t15-,17-/m1/s1. The molecule has 5 rings (SSSR count). The van der Waals surface area contributed by atoms with Gasteiger partial charge in [-0.25, -0.2) is 22.7 Å². The predicted molar refractivity (Wildman–Crippen MR) is 142 cm³/mol. The average molecular weight is 592 g/mol. The number of fused-ring (bicyclic) bond motifs is 1. The molecule has 0 radical (unpaired) electrons. The van der Waals surface area contributed by atoms with Crippen molar-refractivity contribution in [3.63, 3.8) is 0 Å². The van der Waals surface area contributed by atoms with Gasteiger partial charge in [-0.05, 0) is 51.1 Å². The molecule has 222 valence electrons. The molecule has 4 aromatic rings. The second-order valence-corrected chi connectivity index (χ2v) is 10.3. The zero-order valence-corrected chi connectivity index (χ0v) is 23.1. The molecule has 1 aliphatic heterocycles. The molecule has 1 aliphatic rings. The number of nitrogens with zero attached hydrogens (tertiary/aromatic N) is 5. The predicted octanol–water partition coefficient (Wildman–Crippen LogP) is 6.06. The van der Waals surface area contributed by atoms with Crippen molar-refractivity contribution in [1.82, 2.24) is 24.4 Å². The van der Waals surface area contributed by atoms with E-state index in [0.29, 0.717) is 21.9 Å². The number of hydrogen-bond donors (Lipinski definition) is 0. The van der Waals surface area contributed by atoms with Crippen LogP contribution < -0.4 is 4.74 Å². The Kier molecular flexibility index (Phi) is 7.64. The number of rotatable bonds is 5. The van der Waals surface area contributed by atoms with E-state index in [9.17, 15) is 31.1 Å². The summed E-state index contributed by atoms with van der Waals surface area (Å²) >= 11 is 0. The van der Waals surface area contributed by atoms with Crippen LogP contribution >= 0.6 is 0 Å². The van der Waals surface area contributed by atoms with Crippen molar-refractivity contribution in [2.75, 3.05) is 26.7 Å². The largest absolute Gasteiger partial charge is 0.497 e. The Morgan fingerprint density at radius 1 is 1.10 bits per heavy atom. The fourth-order valence-corrected chi connectivity index (χ4v) is 5.46. The van der Waals surface area contributed by atoms with E-state index in [0.717, 1.165) is 12.3 Å². The Bertz CT molecular complexity index is 1650. The highest BCUT2D eigenvalue weighted by molar-refractivity contribution is 6.00. The Morgan fingerprint density at radius 2 is 1.79 bits per heavy atom. The molecule has 0 spiro atoms. The summed E-state index contributed by atoms with van der Waals surface area (Å²) in [7, 11) is 1.47. The highest BCUT2D eigenvalue weighted by atomic mass is 19.4. The molecule has 42 heavy (non-hydrogen) atoms. The van der Waals surface area contributed by atoms with E-state index in [-0.39, 0.29) is 47.7 Å². The molecule has 13 heteroatoms. The number of hydrogen-bond acceptors (Lipinski definition) is 5. The van der Waals surface area contributed by atoms with Gasteiger partial charge in [-0.3, -0.25) is 9.69 Å². The first-order valence-electron chi connectivity index (χ1n) is 13.1. The summed E-state index contributed by atoms with van der Waals surface area (Å²) in [4.78, 5) is 21.4. The molecule has 2 aromatic carbocycles. The van der Waals surface area contributed by atoms with Crippen LogP contribution in [0.15, 0.2) is 42.6 Å². The van der Waals surface area contributed by atoms with Crippen molar-refractivity contribution in [2.45, 2.75) is 39.0 Å². The number of carbonyl (C=O) groups is 1. The van der Waals surface area contributed by atoms with Gasteiger partial charge in [0.1, 0.15) is 17.1 Å². The summed E-state index contributed by atoms with van der Waals surface area (Å²) in [6.45, 7) is 5.22. The van der Waals surface area contributed by atoms with E-state index in [1.807, 2.05) is 0 Å². The minimum absolute atomic E-state index is 0.0445. The van der Waals surface area contributed by atoms with E-state index < -0.39 is 47.3 Å². The summed E-state index contributed by atoms with van der Waals surface area (Å²) in [5, 5.41) is 3.90. The molecule has 1 amide bonds. The van der Waals surface area contributed by atoms with Gasteiger partial charge in [0.05, 0.1) is 19.0 Å². The molecular formula is C29H27F6N5O2. The lowest BCUT2D eigenvalue weighted by Gasteiger charge is -2.42. The third-order valence-electron chi connectivity index (χ3n) is 7.68. The lowest BCUT2D eigenvalue weighted by molar-refractivity contribution is -0.143. The number of alkyl halides is 3. The van der Waals surface area contributed by atoms with Crippen LogP contribution in [0.4, 0.5) is 26.3 Å². The lowest BCUT2D eigenvalue weighted by Crippen LogP contribution is -2.54. The molecular weight excluding hydrogens is 564 g/mol. The van der Waals surface area contributed by atoms with Gasteiger partial charge in [0.25, 0.3) is 5.91 Å². The smallest absolute Gasteiger partial charge is 0.433 e. The fraction of sp³-hybridized carbons (Fsp3) is 0.345. The minimum atomic E-state index is -4.79.